The second kappa shape index (κ2) is 7.78. The summed E-state index contributed by atoms with van der Waals surface area (Å²) >= 11 is 1.51. The van der Waals surface area contributed by atoms with Crippen LogP contribution in [-0.2, 0) is 25.4 Å². The average molecular weight is 462 g/mol. The topological polar surface area (TPSA) is 117 Å². The van der Waals surface area contributed by atoms with Gasteiger partial charge in [-0.3, -0.25) is 18.7 Å². The number of nitrogens with zero attached hydrogens (tertiary/aromatic N) is 6. The molecule has 1 N–H and O–H groups in total. The molecule has 5 rings (SSSR count). The monoisotopic (exact) mass is 461 g/mol. The van der Waals surface area contributed by atoms with Crippen molar-refractivity contribution in [1.29, 1.82) is 0 Å². The van der Waals surface area contributed by atoms with Crippen molar-refractivity contribution in [2.24, 2.45) is 14.1 Å². The van der Waals surface area contributed by atoms with E-state index in [0.29, 0.717) is 5.69 Å². The minimum absolute atomic E-state index is 0.116. The standard InChI is InChI=1S/C22H19N7O3S/c1-12-9-13(19-26-15-5-4-8-23-20(15)33-19)6-7-14(12)25-16(30)10-29-11-24-18-17(29)21(31)28(3)22(32)27(18)2/h4-9,11H,10H2,1-3H3,(H,25,30). The lowest BCUT2D eigenvalue weighted by atomic mass is 10.1. The van der Waals surface area contributed by atoms with Gasteiger partial charge in [-0.1, -0.05) is 11.3 Å². The highest BCUT2D eigenvalue weighted by Gasteiger charge is 2.16. The first-order chi connectivity index (χ1) is 15.8. The van der Waals surface area contributed by atoms with E-state index in [2.05, 4.69) is 20.3 Å². The Morgan fingerprint density at radius 3 is 2.70 bits per heavy atom. The molecule has 0 aliphatic carbocycles. The number of hydrogen-bond acceptors (Lipinski definition) is 7. The first-order valence-electron chi connectivity index (χ1n) is 10.1. The molecule has 0 fully saturated rings. The molecule has 0 radical (unpaired) electrons. The van der Waals surface area contributed by atoms with Gasteiger partial charge in [-0.25, -0.2) is 19.7 Å². The van der Waals surface area contributed by atoms with Crippen LogP contribution in [0.1, 0.15) is 5.56 Å². The third-order valence-electron chi connectivity index (χ3n) is 5.45. The number of hydrogen-bond donors (Lipinski definition) is 1. The summed E-state index contributed by atoms with van der Waals surface area (Å²) < 4.78 is 3.73. The van der Waals surface area contributed by atoms with Gasteiger partial charge in [0.25, 0.3) is 5.56 Å². The molecular formula is C22H19N7O3S. The smallest absolute Gasteiger partial charge is 0.324 e. The summed E-state index contributed by atoms with van der Waals surface area (Å²) in [6.07, 6.45) is 3.13. The van der Waals surface area contributed by atoms with E-state index in [-0.39, 0.29) is 23.6 Å². The van der Waals surface area contributed by atoms with Crippen LogP contribution >= 0.6 is 11.3 Å². The molecule has 0 aliphatic heterocycles. The van der Waals surface area contributed by atoms with Crippen molar-refractivity contribution < 1.29 is 4.79 Å². The molecule has 166 valence electrons. The summed E-state index contributed by atoms with van der Waals surface area (Å²) in [6.45, 7) is 1.79. The summed E-state index contributed by atoms with van der Waals surface area (Å²) in [5.74, 6) is -0.315. The molecule has 0 aliphatic rings. The molecule has 0 unspecified atom stereocenters. The van der Waals surface area contributed by atoms with Gasteiger partial charge < -0.3 is 9.88 Å². The average Bonchev–Trinajstić information content (AvgIpc) is 3.42. The normalized spacial score (nSPS) is 11.4. The minimum atomic E-state index is -0.496. The summed E-state index contributed by atoms with van der Waals surface area (Å²) in [5, 5.41) is 3.74. The number of aryl methyl sites for hydroxylation is 2. The van der Waals surface area contributed by atoms with E-state index in [1.165, 1.54) is 40.9 Å². The van der Waals surface area contributed by atoms with Crippen LogP contribution in [0.15, 0.2) is 52.4 Å². The fourth-order valence-electron chi connectivity index (χ4n) is 3.69. The molecule has 0 saturated heterocycles. The van der Waals surface area contributed by atoms with Gasteiger partial charge in [-0.2, -0.15) is 0 Å². The van der Waals surface area contributed by atoms with Gasteiger partial charge in [-0.05, 0) is 42.8 Å². The summed E-state index contributed by atoms with van der Waals surface area (Å²) in [4.78, 5) is 51.4. The van der Waals surface area contributed by atoms with Crippen molar-refractivity contribution in [3.8, 4) is 10.6 Å². The Kier molecular flexibility index (Phi) is 4.90. The maximum Gasteiger partial charge on any atom is 0.332 e. The third-order valence-corrected chi connectivity index (χ3v) is 6.47. The fourth-order valence-corrected chi connectivity index (χ4v) is 4.60. The number of rotatable bonds is 4. The quantitative estimate of drug-likeness (QED) is 0.438. The highest BCUT2D eigenvalue weighted by Crippen LogP contribution is 2.31. The molecule has 1 amide bonds. The van der Waals surface area contributed by atoms with E-state index in [9.17, 15) is 14.4 Å². The minimum Gasteiger partial charge on any atom is -0.324 e. The lowest BCUT2D eigenvalue weighted by molar-refractivity contribution is -0.116. The fraction of sp³-hybridized carbons (Fsp3) is 0.182. The van der Waals surface area contributed by atoms with Gasteiger partial charge in [-0.15, -0.1) is 0 Å². The zero-order chi connectivity index (χ0) is 23.3. The Hall–Kier alpha value is -4.12. The first kappa shape index (κ1) is 20.8. The number of anilines is 1. The van der Waals surface area contributed by atoms with Crippen molar-refractivity contribution in [3.63, 3.8) is 0 Å². The summed E-state index contributed by atoms with van der Waals surface area (Å²) in [7, 11) is 2.93. The van der Waals surface area contributed by atoms with E-state index in [0.717, 1.165) is 31.0 Å². The molecule has 5 aromatic rings. The first-order valence-corrected chi connectivity index (χ1v) is 10.9. The van der Waals surface area contributed by atoms with Gasteiger partial charge in [0, 0.05) is 31.5 Å². The Balaban J connectivity index is 1.39. The van der Waals surface area contributed by atoms with Crippen LogP contribution in [0, 0.1) is 6.92 Å². The van der Waals surface area contributed by atoms with E-state index in [1.54, 1.807) is 6.20 Å². The largest absolute Gasteiger partial charge is 0.332 e. The Bertz CT molecular complexity index is 1640. The number of amides is 1. The highest BCUT2D eigenvalue weighted by atomic mass is 32.1. The maximum absolute atomic E-state index is 12.7. The molecule has 4 heterocycles. The summed E-state index contributed by atoms with van der Waals surface area (Å²) in [6, 6.07) is 9.48. The molecule has 0 atom stereocenters. The molecule has 1 aromatic carbocycles. The number of imidazole rings is 1. The Morgan fingerprint density at radius 1 is 1.12 bits per heavy atom. The Morgan fingerprint density at radius 2 is 1.94 bits per heavy atom. The highest BCUT2D eigenvalue weighted by molar-refractivity contribution is 7.21. The number of thiazole rings is 1. The predicted octanol–water partition coefficient (Wildman–Crippen LogP) is 2.05. The van der Waals surface area contributed by atoms with E-state index in [4.69, 9.17) is 0 Å². The van der Waals surface area contributed by atoms with Crippen LogP contribution in [0.4, 0.5) is 5.69 Å². The molecular weight excluding hydrogens is 442 g/mol. The number of benzene rings is 1. The molecule has 10 nitrogen and oxygen atoms in total. The van der Waals surface area contributed by atoms with E-state index in [1.807, 2.05) is 37.3 Å². The number of aromatic nitrogens is 6. The SMILES string of the molecule is Cc1cc(-c2nc3cccnc3s2)ccc1NC(=O)Cn1cnc2c1c(=O)n(C)c(=O)n2C. The molecule has 0 bridgehead atoms. The van der Waals surface area contributed by atoms with E-state index >= 15 is 0 Å². The van der Waals surface area contributed by atoms with Gasteiger partial charge >= 0.3 is 5.69 Å². The number of carbonyl (C=O) groups excluding carboxylic acids is 1. The predicted molar refractivity (Wildman–Crippen MR) is 126 cm³/mol. The maximum atomic E-state index is 12.7. The van der Waals surface area contributed by atoms with Crippen LogP contribution in [0.25, 0.3) is 32.1 Å². The van der Waals surface area contributed by atoms with Gasteiger partial charge in [0.1, 0.15) is 21.9 Å². The number of fused-ring (bicyclic) bond motifs is 2. The summed E-state index contributed by atoms with van der Waals surface area (Å²) in [5.41, 5.74) is 2.80. The van der Waals surface area contributed by atoms with E-state index < -0.39 is 11.2 Å². The molecule has 11 heteroatoms. The number of pyridine rings is 1. The second-order valence-electron chi connectivity index (χ2n) is 7.68. The van der Waals surface area contributed by atoms with Crippen LogP contribution in [-0.4, -0.2) is 34.6 Å². The molecule has 4 aromatic heterocycles. The lowest BCUT2D eigenvalue weighted by Gasteiger charge is -2.11. The van der Waals surface area contributed by atoms with Gasteiger partial charge in [0.05, 0.1) is 6.33 Å². The van der Waals surface area contributed by atoms with Crippen LogP contribution in [0.3, 0.4) is 0 Å². The molecule has 0 saturated carbocycles. The molecule has 0 spiro atoms. The van der Waals surface area contributed by atoms with Crippen molar-refractivity contribution >= 4 is 44.4 Å². The Labute approximate surface area is 190 Å². The lowest BCUT2D eigenvalue weighted by Crippen LogP contribution is -2.37. The zero-order valence-corrected chi connectivity index (χ0v) is 18.9. The van der Waals surface area contributed by atoms with Crippen molar-refractivity contribution in [2.75, 3.05) is 5.32 Å². The van der Waals surface area contributed by atoms with Gasteiger partial charge in [0.2, 0.25) is 5.91 Å². The van der Waals surface area contributed by atoms with Crippen molar-refractivity contribution in [1.82, 2.24) is 28.7 Å². The number of carbonyl (C=O) groups is 1. The van der Waals surface area contributed by atoms with Crippen molar-refractivity contribution in [2.45, 2.75) is 13.5 Å². The van der Waals surface area contributed by atoms with Crippen molar-refractivity contribution in [3.05, 3.63) is 69.3 Å². The van der Waals surface area contributed by atoms with Crippen LogP contribution in [0.2, 0.25) is 0 Å². The molecule has 33 heavy (non-hydrogen) atoms. The second-order valence-corrected chi connectivity index (χ2v) is 8.65. The zero-order valence-electron chi connectivity index (χ0n) is 18.1. The van der Waals surface area contributed by atoms with Gasteiger partial charge in [0.15, 0.2) is 11.2 Å². The number of nitrogens with one attached hydrogen (secondary N) is 1. The third kappa shape index (κ3) is 3.52. The van der Waals surface area contributed by atoms with Crippen LogP contribution in [0.5, 0.6) is 0 Å². The van der Waals surface area contributed by atoms with Crippen LogP contribution < -0.4 is 16.6 Å².